The molecule has 1 heterocycles. The lowest BCUT2D eigenvalue weighted by atomic mass is 9.65. The highest BCUT2D eigenvalue weighted by atomic mass is 19.4. The molecular formula is C23H27F6N3O2. The number of carbonyl (C=O) groups is 2. The van der Waals surface area contributed by atoms with E-state index in [1.165, 1.54) is 0 Å². The number of halogens is 6. The fourth-order valence-corrected chi connectivity index (χ4v) is 5.18. The molecule has 2 aliphatic carbocycles. The van der Waals surface area contributed by atoms with E-state index in [2.05, 4.69) is 15.5 Å². The molecular weight excluding hydrogens is 464 g/mol. The lowest BCUT2D eigenvalue weighted by Gasteiger charge is -2.53. The highest BCUT2D eigenvalue weighted by Crippen LogP contribution is 2.57. The van der Waals surface area contributed by atoms with Gasteiger partial charge in [-0.15, -0.1) is 0 Å². The van der Waals surface area contributed by atoms with E-state index in [-0.39, 0.29) is 42.3 Å². The maximum atomic E-state index is 13.6. The van der Waals surface area contributed by atoms with Crippen molar-refractivity contribution >= 4 is 17.5 Å². The monoisotopic (exact) mass is 491 g/mol. The number of rotatable bonds is 7. The topological polar surface area (TPSA) is 61.4 Å². The fourth-order valence-electron chi connectivity index (χ4n) is 5.18. The molecule has 1 aromatic rings. The smallest absolute Gasteiger partial charge is 0.354 e. The van der Waals surface area contributed by atoms with Gasteiger partial charge in [0, 0.05) is 43.3 Å². The van der Waals surface area contributed by atoms with Gasteiger partial charge in [-0.25, -0.2) is 13.2 Å². The van der Waals surface area contributed by atoms with Crippen molar-refractivity contribution in [2.75, 3.05) is 31.5 Å². The maximum absolute atomic E-state index is 13.6. The summed E-state index contributed by atoms with van der Waals surface area (Å²) in [5.74, 6) is -2.40. The first-order valence-corrected chi connectivity index (χ1v) is 11.4. The largest absolute Gasteiger partial charge is 0.403 e. The molecule has 11 heteroatoms. The Morgan fingerprint density at radius 1 is 1.06 bits per heavy atom. The summed E-state index contributed by atoms with van der Waals surface area (Å²) in [5, 5.41) is 4.96. The minimum atomic E-state index is -4.51. The number of likely N-dealkylation sites (tertiary alicyclic amines) is 1. The van der Waals surface area contributed by atoms with Gasteiger partial charge in [-0.05, 0) is 62.1 Å². The van der Waals surface area contributed by atoms with E-state index in [1.54, 1.807) is 0 Å². The molecule has 1 saturated heterocycles. The van der Waals surface area contributed by atoms with Crippen LogP contribution in [0.25, 0.3) is 0 Å². The number of alkyl halides is 5. The molecule has 3 fully saturated rings. The van der Waals surface area contributed by atoms with Crippen LogP contribution in [0.15, 0.2) is 18.2 Å². The van der Waals surface area contributed by atoms with Crippen LogP contribution in [0.5, 0.6) is 0 Å². The normalized spacial score (nSPS) is 21.9. The lowest BCUT2D eigenvalue weighted by molar-refractivity contribution is -0.192. The van der Waals surface area contributed by atoms with Gasteiger partial charge in [0.2, 0.25) is 11.8 Å². The number of amides is 2. The van der Waals surface area contributed by atoms with E-state index in [1.807, 2.05) is 0 Å². The summed E-state index contributed by atoms with van der Waals surface area (Å²) in [6, 6.07) is 2.81. The molecule has 2 amide bonds. The maximum Gasteiger partial charge on any atom is 0.403 e. The Labute approximate surface area is 193 Å². The number of carbonyl (C=O) groups excluding carboxylic acids is 2. The van der Waals surface area contributed by atoms with E-state index in [0.717, 1.165) is 44.1 Å². The van der Waals surface area contributed by atoms with Crippen molar-refractivity contribution in [1.29, 1.82) is 0 Å². The summed E-state index contributed by atoms with van der Waals surface area (Å²) in [5.41, 5.74) is -2.63. The quantitative estimate of drug-likeness (QED) is 0.546. The van der Waals surface area contributed by atoms with Crippen molar-refractivity contribution in [2.45, 2.75) is 51.1 Å². The second-order valence-corrected chi connectivity index (χ2v) is 9.88. The average molecular weight is 491 g/mol. The highest BCUT2D eigenvalue weighted by Gasteiger charge is 2.68. The molecule has 34 heavy (non-hydrogen) atoms. The summed E-state index contributed by atoms with van der Waals surface area (Å²) in [7, 11) is 0. The van der Waals surface area contributed by atoms with Gasteiger partial charge in [0.25, 0.3) is 6.43 Å². The first-order valence-electron chi connectivity index (χ1n) is 11.4. The molecule has 1 aromatic carbocycles. The number of hydrogen-bond acceptors (Lipinski definition) is 3. The molecule has 2 N–H and O–H groups in total. The van der Waals surface area contributed by atoms with Crippen molar-refractivity contribution in [1.82, 2.24) is 10.2 Å². The molecule has 0 bridgehead atoms. The predicted molar refractivity (Wildman–Crippen MR) is 112 cm³/mol. The number of nitrogens with one attached hydrogen (secondary N) is 2. The van der Waals surface area contributed by atoms with Crippen molar-refractivity contribution in [2.24, 2.45) is 16.7 Å². The summed E-state index contributed by atoms with van der Waals surface area (Å²) in [4.78, 5) is 26.5. The van der Waals surface area contributed by atoms with Crippen LogP contribution in [-0.2, 0) is 9.59 Å². The van der Waals surface area contributed by atoms with Gasteiger partial charge in [-0.1, -0.05) is 0 Å². The molecule has 0 atom stereocenters. The van der Waals surface area contributed by atoms with Gasteiger partial charge in [0.15, 0.2) is 0 Å². The summed E-state index contributed by atoms with van der Waals surface area (Å²) >= 11 is 0. The Kier molecular flexibility index (Phi) is 6.61. The third-order valence-electron chi connectivity index (χ3n) is 7.42. The van der Waals surface area contributed by atoms with Gasteiger partial charge < -0.3 is 15.5 Å². The third-order valence-corrected chi connectivity index (χ3v) is 7.42. The van der Waals surface area contributed by atoms with Gasteiger partial charge in [-0.2, -0.15) is 13.2 Å². The van der Waals surface area contributed by atoms with Crippen LogP contribution in [0.1, 0.15) is 50.5 Å². The zero-order valence-electron chi connectivity index (χ0n) is 18.5. The average Bonchev–Trinajstić information content (AvgIpc) is 3.54. The van der Waals surface area contributed by atoms with Crippen LogP contribution >= 0.6 is 0 Å². The standard InChI is InChI=1S/C23H27F6N3O2/c24-16-9-15(18(25)26)10-17(11-16)31-19(33)14-1-3-21(4-2-14)12-32(13-21)8-7-30-20(34)22(5-6-22)23(27,28)29/h9-11,14,18H,1-8,12-13H2,(H,30,34)(H,31,33). The van der Waals surface area contributed by atoms with Crippen molar-refractivity contribution < 1.29 is 35.9 Å². The molecule has 188 valence electrons. The van der Waals surface area contributed by atoms with Crippen LogP contribution < -0.4 is 10.6 Å². The van der Waals surface area contributed by atoms with Gasteiger partial charge in [0.1, 0.15) is 11.2 Å². The summed E-state index contributed by atoms with van der Waals surface area (Å²) < 4.78 is 78.2. The molecule has 4 rings (SSSR count). The minimum absolute atomic E-state index is 0.0101. The first-order chi connectivity index (χ1) is 15.9. The van der Waals surface area contributed by atoms with Crippen LogP contribution in [-0.4, -0.2) is 49.1 Å². The Morgan fingerprint density at radius 2 is 1.71 bits per heavy atom. The SMILES string of the molecule is O=C(Nc1cc(F)cc(C(F)F)c1)C1CCC2(CC1)CN(CCNC(=O)C1(C(F)(F)F)CC1)C2. The van der Waals surface area contributed by atoms with Crippen molar-refractivity contribution in [3.8, 4) is 0 Å². The second kappa shape index (κ2) is 9.05. The Hall–Kier alpha value is -2.30. The number of benzene rings is 1. The van der Waals surface area contributed by atoms with Crippen molar-refractivity contribution in [3.63, 3.8) is 0 Å². The van der Waals surface area contributed by atoms with E-state index in [9.17, 15) is 35.9 Å². The molecule has 0 radical (unpaired) electrons. The van der Waals surface area contributed by atoms with Gasteiger partial charge in [-0.3, -0.25) is 9.59 Å². The van der Waals surface area contributed by atoms with E-state index in [4.69, 9.17) is 0 Å². The van der Waals surface area contributed by atoms with Crippen LogP contribution in [0.3, 0.4) is 0 Å². The molecule has 1 aliphatic heterocycles. The third kappa shape index (κ3) is 5.04. The molecule has 0 unspecified atom stereocenters. The van der Waals surface area contributed by atoms with Crippen LogP contribution in [0.2, 0.25) is 0 Å². The summed E-state index contributed by atoms with van der Waals surface area (Å²) in [6.07, 6.45) is -4.86. The molecule has 3 aliphatic rings. The molecule has 1 spiro atoms. The number of nitrogens with zero attached hydrogens (tertiary/aromatic N) is 1. The molecule has 2 saturated carbocycles. The lowest BCUT2D eigenvalue weighted by Crippen LogP contribution is -2.59. The minimum Gasteiger partial charge on any atom is -0.354 e. The van der Waals surface area contributed by atoms with Crippen LogP contribution in [0.4, 0.5) is 32.0 Å². The van der Waals surface area contributed by atoms with E-state index >= 15 is 0 Å². The zero-order chi connectivity index (χ0) is 24.7. The van der Waals surface area contributed by atoms with Crippen molar-refractivity contribution in [3.05, 3.63) is 29.6 Å². The van der Waals surface area contributed by atoms with Gasteiger partial charge >= 0.3 is 6.18 Å². The molecule has 5 nitrogen and oxygen atoms in total. The second-order valence-electron chi connectivity index (χ2n) is 9.88. The highest BCUT2D eigenvalue weighted by molar-refractivity contribution is 5.92. The van der Waals surface area contributed by atoms with Gasteiger partial charge in [0.05, 0.1) is 0 Å². The predicted octanol–water partition coefficient (Wildman–Crippen LogP) is 4.65. The van der Waals surface area contributed by atoms with E-state index in [0.29, 0.717) is 19.4 Å². The Bertz CT molecular complexity index is 931. The van der Waals surface area contributed by atoms with Crippen LogP contribution in [0, 0.1) is 22.6 Å². The summed E-state index contributed by atoms with van der Waals surface area (Å²) in [6.45, 7) is 2.13. The number of anilines is 1. The first kappa shape index (κ1) is 24.8. The number of hydrogen-bond donors (Lipinski definition) is 2. The zero-order valence-corrected chi connectivity index (χ0v) is 18.5. The Morgan fingerprint density at radius 3 is 2.26 bits per heavy atom. The Balaban J connectivity index is 1.18. The fraction of sp³-hybridized carbons (Fsp3) is 0.652. The van der Waals surface area contributed by atoms with E-state index < -0.39 is 35.3 Å². The molecule has 0 aromatic heterocycles.